The van der Waals surface area contributed by atoms with Gasteiger partial charge in [0, 0.05) is 12.5 Å². The zero-order valence-electron chi connectivity index (χ0n) is 12.6. The van der Waals surface area contributed by atoms with Crippen LogP contribution in [0.4, 0.5) is 0 Å². The van der Waals surface area contributed by atoms with Crippen molar-refractivity contribution in [1.29, 1.82) is 0 Å². The van der Waals surface area contributed by atoms with Gasteiger partial charge in [0.25, 0.3) is 5.91 Å². The molecule has 2 fully saturated rings. The number of carbonyl (C=O) groups excluding carboxylic acids is 2. The maximum atomic E-state index is 12.2. The Labute approximate surface area is 129 Å². The van der Waals surface area contributed by atoms with Gasteiger partial charge < -0.3 is 20.4 Å². The van der Waals surface area contributed by atoms with Crippen LogP contribution >= 0.6 is 0 Å². The second-order valence-electron chi connectivity index (χ2n) is 5.91. The third kappa shape index (κ3) is 3.47. The summed E-state index contributed by atoms with van der Waals surface area (Å²) in [5, 5.41) is 8.85. The first-order chi connectivity index (χ1) is 10.7. The number of oxazole rings is 1. The van der Waals surface area contributed by atoms with Gasteiger partial charge in [-0.2, -0.15) is 0 Å². The van der Waals surface area contributed by atoms with Crippen molar-refractivity contribution in [3.05, 3.63) is 17.8 Å². The molecule has 3 N–H and O–H groups in total. The first-order valence-electron chi connectivity index (χ1n) is 7.99. The van der Waals surface area contributed by atoms with E-state index in [0.717, 1.165) is 38.8 Å². The lowest BCUT2D eigenvalue weighted by atomic mass is 9.98. The van der Waals surface area contributed by atoms with E-state index in [9.17, 15) is 9.59 Å². The lowest BCUT2D eigenvalue weighted by Gasteiger charge is -2.19. The van der Waals surface area contributed by atoms with Crippen molar-refractivity contribution < 1.29 is 14.0 Å². The topological polar surface area (TPSA) is 96.3 Å². The molecule has 2 amide bonds. The van der Waals surface area contributed by atoms with E-state index in [0.29, 0.717) is 18.9 Å². The van der Waals surface area contributed by atoms with E-state index in [1.165, 1.54) is 6.26 Å². The van der Waals surface area contributed by atoms with Crippen LogP contribution in [0.3, 0.4) is 0 Å². The molecule has 0 radical (unpaired) electrons. The Morgan fingerprint density at radius 1 is 1.23 bits per heavy atom. The van der Waals surface area contributed by atoms with Crippen molar-refractivity contribution in [2.24, 2.45) is 0 Å². The van der Waals surface area contributed by atoms with Crippen molar-refractivity contribution in [3.8, 4) is 0 Å². The first kappa shape index (κ1) is 15.0. The minimum atomic E-state index is -0.478. The SMILES string of the molecule is O=C(NC1CCCCNC1=O)c1coc(C2CCNCC2)n1. The Kier molecular flexibility index (Phi) is 4.72. The number of hydrogen-bond acceptors (Lipinski definition) is 5. The van der Waals surface area contributed by atoms with Gasteiger partial charge >= 0.3 is 0 Å². The molecule has 1 aromatic rings. The zero-order valence-corrected chi connectivity index (χ0v) is 12.6. The number of rotatable bonds is 3. The summed E-state index contributed by atoms with van der Waals surface area (Å²) in [6.07, 6.45) is 5.85. The molecule has 2 aliphatic heterocycles. The molecule has 2 aliphatic rings. The van der Waals surface area contributed by atoms with Crippen LogP contribution in [0.2, 0.25) is 0 Å². The smallest absolute Gasteiger partial charge is 0.273 e. The van der Waals surface area contributed by atoms with Gasteiger partial charge in [0.05, 0.1) is 0 Å². The maximum Gasteiger partial charge on any atom is 0.273 e. The van der Waals surface area contributed by atoms with Gasteiger partial charge in [-0.25, -0.2) is 4.98 Å². The van der Waals surface area contributed by atoms with Gasteiger partial charge in [0.15, 0.2) is 11.6 Å². The monoisotopic (exact) mass is 306 g/mol. The molecule has 3 heterocycles. The number of aromatic nitrogens is 1. The Balaban J connectivity index is 1.62. The highest BCUT2D eigenvalue weighted by Gasteiger charge is 2.26. The summed E-state index contributed by atoms with van der Waals surface area (Å²) >= 11 is 0. The van der Waals surface area contributed by atoms with E-state index in [-0.39, 0.29) is 23.4 Å². The second kappa shape index (κ2) is 6.91. The first-order valence-corrected chi connectivity index (χ1v) is 7.99. The van der Waals surface area contributed by atoms with Gasteiger partial charge in [-0.05, 0) is 45.2 Å². The Morgan fingerprint density at radius 3 is 2.86 bits per heavy atom. The molecule has 1 unspecified atom stereocenters. The number of hydrogen-bond donors (Lipinski definition) is 3. The number of amides is 2. The van der Waals surface area contributed by atoms with E-state index >= 15 is 0 Å². The summed E-state index contributed by atoms with van der Waals surface area (Å²) in [6.45, 7) is 2.56. The van der Waals surface area contributed by atoms with Crippen molar-refractivity contribution >= 4 is 11.8 Å². The highest BCUT2D eigenvalue weighted by molar-refractivity contribution is 5.95. The average molecular weight is 306 g/mol. The highest BCUT2D eigenvalue weighted by atomic mass is 16.3. The molecule has 0 aliphatic carbocycles. The minimum Gasteiger partial charge on any atom is -0.448 e. The quantitative estimate of drug-likeness (QED) is 0.757. The van der Waals surface area contributed by atoms with Gasteiger partial charge in [-0.1, -0.05) is 0 Å². The van der Waals surface area contributed by atoms with Crippen LogP contribution in [-0.4, -0.2) is 42.5 Å². The molecule has 1 aromatic heterocycles. The molecule has 2 saturated heterocycles. The van der Waals surface area contributed by atoms with Gasteiger partial charge in [-0.15, -0.1) is 0 Å². The fraction of sp³-hybridized carbons (Fsp3) is 0.667. The second-order valence-corrected chi connectivity index (χ2v) is 5.91. The lowest BCUT2D eigenvalue weighted by Crippen LogP contribution is -2.45. The third-order valence-electron chi connectivity index (χ3n) is 4.28. The summed E-state index contributed by atoms with van der Waals surface area (Å²) in [4.78, 5) is 28.4. The summed E-state index contributed by atoms with van der Waals surface area (Å²) in [6, 6.07) is -0.478. The predicted octanol–water partition coefficient (Wildman–Crippen LogP) is 0.540. The molecule has 7 nitrogen and oxygen atoms in total. The van der Waals surface area contributed by atoms with Crippen LogP contribution in [-0.2, 0) is 4.79 Å². The molecule has 0 bridgehead atoms. The van der Waals surface area contributed by atoms with E-state index in [2.05, 4.69) is 20.9 Å². The largest absolute Gasteiger partial charge is 0.448 e. The van der Waals surface area contributed by atoms with Crippen molar-refractivity contribution in [3.63, 3.8) is 0 Å². The number of carbonyl (C=O) groups is 2. The molecule has 1 atom stereocenters. The van der Waals surface area contributed by atoms with Crippen LogP contribution in [0.1, 0.15) is 54.4 Å². The molecule has 0 aromatic carbocycles. The summed E-state index contributed by atoms with van der Waals surface area (Å²) < 4.78 is 5.47. The van der Waals surface area contributed by atoms with Gasteiger partial charge in [0.1, 0.15) is 12.3 Å². The van der Waals surface area contributed by atoms with Gasteiger partial charge in [-0.3, -0.25) is 9.59 Å². The predicted molar refractivity (Wildman–Crippen MR) is 79.5 cm³/mol. The Hall–Kier alpha value is -1.89. The van der Waals surface area contributed by atoms with Crippen molar-refractivity contribution in [2.75, 3.05) is 19.6 Å². The molecule has 7 heteroatoms. The molecular weight excluding hydrogens is 284 g/mol. The third-order valence-corrected chi connectivity index (χ3v) is 4.28. The van der Waals surface area contributed by atoms with E-state index in [4.69, 9.17) is 4.42 Å². The Bertz CT molecular complexity index is 537. The molecular formula is C15H22N4O3. The average Bonchev–Trinajstić information content (AvgIpc) is 2.96. The van der Waals surface area contributed by atoms with E-state index < -0.39 is 6.04 Å². The molecule has 3 rings (SSSR count). The summed E-state index contributed by atoms with van der Waals surface area (Å²) in [5.41, 5.74) is 0.255. The van der Waals surface area contributed by atoms with Crippen molar-refractivity contribution in [1.82, 2.24) is 20.9 Å². The number of nitrogens with zero attached hydrogens (tertiary/aromatic N) is 1. The van der Waals surface area contributed by atoms with E-state index in [1.54, 1.807) is 0 Å². The minimum absolute atomic E-state index is 0.118. The fourth-order valence-electron chi connectivity index (χ4n) is 2.96. The standard InChI is InChI=1S/C15H22N4O3/c20-13-11(3-1-2-6-17-13)18-14(21)12-9-22-15(19-12)10-4-7-16-8-5-10/h9-11,16H,1-8H2,(H,17,20)(H,18,21). The van der Waals surface area contributed by atoms with Gasteiger partial charge in [0.2, 0.25) is 5.91 Å². The maximum absolute atomic E-state index is 12.2. The molecule has 0 saturated carbocycles. The molecule has 22 heavy (non-hydrogen) atoms. The van der Waals surface area contributed by atoms with Crippen LogP contribution in [0.25, 0.3) is 0 Å². The van der Waals surface area contributed by atoms with Crippen LogP contribution in [0, 0.1) is 0 Å². The van der Waals surface area contributed by atoms with Crippen LogP contribution in [0.5, 0.6) is 0 Å². The normalized spacial score (nSPS) is 23.6. The lowest BCUT2D eigenvalue weighted by molar-refractivity contribution is -0.122. The summed E-state index contributed by atoms with van der Waals surface area (Å²) in [5.74, 6) is 0.430. The highest BCUT2D eigenvalue weighted by Crippen LogP contribution is 2.24. The van der Waals surface area contributed by atoms with Crippen molar-refractivity contribution in [2.45, 2.75) is 44.1 Å². The number of nitrogens with one attached hydrogen (secondary N) is 3. The summed E-state index contributed by atoms with van der Waals surface area (Å²) in [7, 11) is 0. The van der Waals surface area contributed by atoms with E-state index in [1.807, 2.05) is 0 Å². The number of piperidine rings is 1. The van der Waals surface area contributed by atoms with Crippen LogP contribution in [0.15, 0.2) is 10.7 Å². The molecule has 120 valence electrons. The molecule has 0 spiro atoms. The zero-order chi connectivity index (χ0) is 15.4. The fourth-order valence-corrected chi connectivity index (χ4v) is 2.96. The Morgan fingerprint density at radius 2 is 2.05 bits per heavy atom. The van der Waals surface area contributed by atoms with Crippen LogP contribution < -0.4 is 16.0 Å².